The van der Waals surface area contributed by atoms with Gasteiger partial charge in [-0.25, -0.2) is 9.48 Å². The van der Waals surface area contributed by atoms with Gasteiger partial charge in [-0.15, -0.1) is 0 Å². The molecule has 0 unspecified atom stereocenters. The lowest BCUT2D eigenvalue weighted by Crippen LogP contribution is -2.22. The Hall–Kier alpha value is -2.63. The first kappa shape index (κ1) is 13.8. The Bertz CT molecular complexity index is 651. The molecule has 6 nitrogen and oxygen atoms in total. The summed E-state index contributed by atoms with van der Waals surface area (Å²) in [6, 6.07) is 9.33. The third kappa shape index (κ3) is 3.68. The highest BCUT2D eigenvalue weighted by Gasteiger charge is 2.03. The number of rotatable bonds is 6. The minimum atomic E-state index is -0.990. The van der Waals surface area contributed by atoms with E-state index in [2.05, 4.69) is 5.10 Å². The van der Waals surface area contributed by atoms with Gasteiger partial charge in [-0.3, -0.25) is 4.79 Å². The lowest BCUT2D eigenvalue weighted by Gasteiger charge is -2.07. The van der Waals surface area contributed by atoms with Gasteiger partial charge < -0.3 is 9.84 Å². The summed E-state index contributed by atoms with van der Waals surface area (Å²) in [5.41, 5.74) is 0.0313. The second-order valence-corrected chi connectivity index (χ2v) is 4.12. The highest BCUT2D eigenvalue weighted by atomic mass is 16.5. The van der Waals surface area contributed by atoms with Crippen LogP contribution in [0.2, 0.25) is 0 Å². The first-order chi connectivity index (χ1) is 9.66. The van der Waals surface area contributed by atoms with E-state index < -0.39 is 5.97 Å². The lowest BCUT2D eigenvalue weighted by molar-refractivity contribution is 0.0696. The van der Waals surface area contributed by atoms with Crippen molar-refractivity contribution in [2.24, 2.45) is 0 Å². The van der Waals surface area contributed by atoms with E-state index in [4.69, 9.17) is 9.84 Å². The number of carboxylic acids is 1. The molecule has 1 heterocycles. The van der Waals surface area contributed by atoms with E-state index in [1.54, 1.807) is 24.4 Å². The highest BCUT2D eigenvalue weighted by molar-refractivity contribution is 5.87. The van der Waals surface area contributed by atoms with Crippen LogP contribution in [0, 0.1) is 0 Å². The zero-order chi connectivity index (χ0) is 14.4. The summed E-state index contributed by atoms with van der Waals surface area (Å²) in [5.74, 6) is -0.492. The Morgan fingerprint density at radius 2 is 2.15 bits per heavy atom. The minimum absolute atomic E-state index is 0.152. The van der Waals surface area contributed by atoms with E-state index in [0.717, 1.165) is 0 Å². The predicted octanol–water partition coefficient (Wildman–Crippen LogP) is 1.41. The van der Waals surface area contributed by atoms with E-state index in [1.165, 1.54) is 22.9 Å². The molecule has 0 aliphatic rings. The number of hydrogen-bond donors (Lipinski definition) is 1. The van der Waals surface area contributed by atoms with Crippen LogP contribution in [0.25, 0.3) is 0 Å². The molecule has 0 amide bonds. The molecule has 0 spiro atoms. The number of nitrogens with zero attached hydrogens (tertiary/aromatic N) is 2. The third-order valence-electron chi connectivity index (χ3n) is 2.65. The molecule has 1 aromatic carbocycles. The molecule has 0 aliphatic heterocycles. The Balaban J connectivity index is 1.85. The Kier molecular flexibility index (Phi) is 4.49. The van der Waals surface area contributed by atoms with Crippen LogP contribution < -0.4 is 10.3 Å². The number of hydrogen-bond acceptors (Lipinski definition) is 4. The standard InChI is InChI=1S/C14H14N2O4/c17-13-6-2-7-15-16(13)8-3-9-20-12-5-1-4-11(10-12)14(18)19/h1-2,4-7,10H,3,8-9H2,(H,18,19). The van der Waals surface area contributed by atoms with Crippen molar-refractivity contribution >= 4 is 5.97 Å². The summed E-state index contributed by atoms with van der Waals surface area (Å²) >= 11 is 0. The molecule has 0 fully saturated rings. The fraction of sp³-hybridized carbons (Fsp3) is 0.214. The van der Waals surface area contributed by atoms with Crippen molar-refractivity contribution < 1.29 is 14.6 Å². The predicted molar refractivity (Wildman–Crippen MR) is 72.0 cm³/mol. The topological polar surface area (TPSA) is 81.4 Å². The van der Waals surface area contributed by atoms with Gasteiger partial charge in [0.2, 0.25) is 0 Å². The highest BCUT2D eigenvalue weighted by Crippen LogP contribution is 2.13. The van der Waals surface area contributed by atoms with Crippen LogP contribution in [-0.2, 0) is 6.54 Å². The first-order valence-corrected chi connectivity index (χ1v) is 6.15. The van der Waals surface area contributed by atoms with Crippen molar-refractivity contribution in [3.05, 3.63) is 58.5 Å². The van der Waals surface area contributed by atoms with Crippen LogP contribution >= 0.6 is 0 Å². The van der Waals surface area contributed by atoms with Crippen molar-refractivity contribution in [2.75, 3.05) is 6.61 Å². The Labute approximate surface area is 115 Å². The van der Waals surface area contributed by atoms with Gasteiger partial charge in [0.25, 0.3) is 5.56 Å². The van der Waals surface area contributed by atoms with Crippen molar-refractivity contribution in [1.29, 1.82) is 0 Å². The molecular formula is C14H14N2O4. The summed E-state index contributed by atoms with van der Waals surface area (Å²) in [7, 11) is 0. The maximum Gasteiger partial charge on any atom is 0.335 e. The molecule has 20 heavy (non-hydrogen) atoms. The Morgan fingerprint density at radius 3 is 2.90 bits per heavy atom. The SMILES string of the molecule is O=C(O)c1cccc(OCCCn2ncccc2=O)c1. The molecule has 1 aromatic heterocycles. The fourth-order valence-electron chi connectivity index (χ4n) is 1.68. The second kappa shape index (κ2) is 6.51. The zero-order valence-electron chi connectivity index (χ0n) is 10.7. The monoisotopic (exact) mass is 274 g/mol. The quantitative estimate of drug-likeness (QED) is 0.805. The van der Waals surface area contributed by atoms with E-state index in [1.807, 2.05) is 0 Å². The van der Waals surface area contributed by atoms with Crippen LogP contribution in [0.3, 0.4) is 0 Å². The fourth-order valence-corrected chi connectivity index (χ4v) is 1.68. The molecule has 0 radical (unpaired) electrons. The normalized spacial score (nSPS) is 10.2. The molecule has 0 saturated carbocycles. The van der Waals surface area contributed by atoms with E-state index in [9.17, 15) is 9.59 Å². The maximum atomic E-state index is 11.4. The maximum absolute atomic E-state index is 11.4. The van der Waals surface area contributed by atoms with Gasteiger partial charge in [0.1, 0.15) is 5.75 Å². The van der Waals surface area contributed by atoms with Crippen molar-refractivity contribution in [1.82, 2.24) is 9.78 Å². The van der Waals surface area contributed by atoms with Gasteiger partial charge in [-0.1, -0.05) is 6.07 Å². The van der Waals surface area contributed by atoms with Gasteiger partial charge in [0.05, 0.1) is 12.2 Å². The van der Waals surface area contributed by atoms with Gasteiger partial charge in [0, 0.05) is 25.2 Å². The zero-order valence-corrected chi connectivity index (χ0v) is 10.7. The molecule has 2 aromatic rings. The van der Waals surface area contributed by atoms with Crippen LogP contribution in [0.1, 0.15) is 16.8 Å². The van der Waals surface area contributed by atoms with E-state index in [0.29, 0.717) is 25.3 Å². The largest absolute Gasteiger partial charge is 0.494 e. The van der Waals surface area contributed by atoms with Crippen LogP contribution in [-0.4, -0.2) is 27.5 Å². The summed E-state index contributed by atoms with van der Waals surface area (Å²) in [6.45, 7) is 0.838. The number of aromatic nitrogens is 2. The number of benzene rings is 1. The Morgan fingerprint density at radius 1 is 1.30 bits per heavy atom. The molecule has 0 saturated heterocycles. The molecule has 104 valence electrons. The average molecular weight is 274 g/mol. The molecule has 0 atom stereocenters. The minimum Gasteiger partial charge on any atom is -0.494 e. The summed E-state index contributed by atoms with van der Waals surface area (Å²) < 4.78 is 6.81. The van der Waals surface area contributed by atoms with Crippen LogP contribution in [0.5, 0.6) is 5.75 Å². The van der Waals surface area contributed by atoms with E-state index in [-0.39, 0.29) is 11.1 Å². The van der Waals surface area contributed by atoms with Crippen LogP contribution in [0.4, 0.5) is 0 Å². The number of carbonyl (C=O) groups is 1. The summed E-state index contributed by atoms with van der Waals surface area (Å²) in [6.07, 6.45) is 2.16. The van der Waals surface area contributed by atoms with Crippen molar-refractivity contribution in [3.63, 3.8) is 0 Å². The molecule has 2 rings (SSSR count). The number of ether oxygens (including phenoxy) is 1. The summed E-state index contributed by atoms with van der Waals surface area (Å²) in [4.78, 5) is 22.2. The molecule has 6 heteroatoms. The molecule has 1 N–H and O–H groups in total. The number of aromatic carboxylic acids is 1. The number of carboxylic acid groups (broad SMARTS) is 1. The third-order valence-corrected chi connectivity index (χ3v) is 2.65. The smallest absolute Gasteiger partial charge is 0.335 e. The second-order valence-electron chi connectivity index (χ2n) is 4.12. The van der Waals surface area contributed by atoms with Gasteiger partial charge in [0.15, 0.2) is 0 Å². The van der Waals surface area contributed by atoms with Gasteiger partial charge in [-0.2, -0.15) is 5.10 Å². The van der Waals surface area contributed by atoms with Crippen LogP contribution in [0.15, 0.2) is 47.4 Å². The van der Waals surface area contributed by atoms with Crippen molar-refractivity contribution in [2.45, 2.75) is 13.0 Å². The molecule has 0 bridgehead atoms. The lowest BCUT2D eigenvalue weighted by atomic mass is 10.2. The first-order valence-electron chi connectivity index (χ1n) is 6.15. The van der Waals surface area contributed by atoms with Crippen molar-refractivity contribution in [3.8, 4) is 5.75 Å². The number of aryl methyl sites for hydroxylation is 1. The molecule has 0 aliphatic carbocycles. The average Bonchev–Trinajstić information content (AvgIpc) is 2.45. The molecular weight excluding hydrogens is 260 g/mol. The summed E-state index contributed by atoms with van der Waals surface area (Å²) in [5, 5.41) is 12.8. The van der Waals surface area contributed by atoms with Gasteiger partial charge in [-0.05, 0) is 24.3 Å². The van der Waals surface area contributed by atoms with E-state index >= 15 is 0 Å². The van der Waals surface area contributed by atoms with Gasteiger partial charge >= 0.3 is 5.97 Å².